The van der Waals surface area contributed by atoms with Gasteiger partial charge in [0, 0.05) is 63.8 Å². The Balaban J connectivity index is 1.01. The quantitative estimate of drug-likeness (QED) is 0.598. The number of hydrogen-bond acceptors (Lipinski definition) is 8. The Morgan fingerprint density at radius 2 is 1.91 bits per heavy atom. The molecule has 0 aliphatic carbocycles. The second kappa shape index (κ2) is 9.52. The Morgan fingerprint density at radius 3 is 2.82 bits per heavy atom. The van der Waals surface area contributed by atoms with Gasteiger partial charge in [-0.1, -0.05) is 23.4 Å². The van der Waals surface area contributed by atoms with Gasteiger partial charge in [0.25, 0.3) is 0 Å². The highest BCUT2D eigenvalue weighted by atomic mass is 16.5. The fraction of sp³-hybridized carbons (Fsp3) is 0.538. The minimum absolute atomic E-state index is 0.202. The molecular formula is C26H33N5O3. The van der Waals surface area contributed by atoms with E-state index in [0.29, 0.717) is 24.4 Å². The number of rotatable bonds is 6. The van der Waals surface area contributed by atoms with Gasteiger partial charge in [0.1, 0.15) is 0 Å². The topological polar surface area (TPSA) is 78.1 Å². The minimum atomic E-state index is -0.202. The number of β-amino-alcohol motifs (C(OH)–C–C–N with tert-alkyl or cyclic N) is 1. The van der Waals surface area contributed by atoms with Gasteiger partial charge in [0.15, 0.2) is 11.4 Å². The molecule has 0 bridgehead atoms. The number of aliphatic hydroxyl groups excluding tert-OH is 1. The first-order valence-corrected chi connectivity index (χ1v) is 12.5. The van der Waals surface area contributed by atoms with Crippen LogP contribution >= 0.6 is 0 Å². The zero-order valence-electron chi connectivity index (χ0n) is 19.6. The van der Waals surface area contributed by atoms with Crippen LogP contribution in [0.2, 0.25) is 0 Å². The summed E-state index contributed by atoms with van der Waals surface area (Å²) in [6.45, 7) is 7.22. The van der Waals surface area contributed by atoms with Crippen molar-refractivity contribution in [2.24, 2.45) is 5.92 Å². The fourth-order valence-electron chi connectivity index (χ4n) is 5.70. The number of para-hydroxylation sites is 1. The summed E-state index contributed by atoms with van der Waals surface area (Å²) in [4.78, 5) is 12.0. The number of anilines is 1. The van der Waals surface area contributed by atoms with Crippen LogP contribution in [0.25, 0.3) is 11.0 Å². The Morgan fingerprint density at radius 1 is 0.971 bits per heavy atom. The first-order valence-electron chi connectivity index (χ1n) is 12.5. The first kappa shape index (κ1) is 21.8. The summed E-state index contributed by atoms with van der Waals surface area (Å²) in [7, 11) is 0. The predicted molar refractivity (Wildman–Crippen MR) is 130 cm³/mol. The fourth-order valence-corrected chi connectivity index (χ4v) is 5.70. The van der Waals surface area contributed by atoms with Crippen LogP contribution in [-0.2, 0) is 6.54 Å². The summed E-state index contributed by atoms with van der Waals surface area (Å²) in [6, 6.07) is 14.7. The summed E-state index contributed by atoms with van der Waals surface area (Å²) in [5, 5.41) is 15.2. The molecule has 0 amide bonds. The minimum Gasteiger partial charge on any atom is -0.477 e. The summed E-state index contributed by atoms with van der Waals surface area (Å²) in [6.07, 6.45) is 2.99. The number of aliphatic hydroxyl groups is 1. The van der Waals surface area contributed by atoms with E-state index in [1.165, 1.54) is 12.8 Å². The second-order valence-electron chi connectivity index (χ2n) is 10.00. The van der Waals surface area contributed by atoms with Gasteiger partial charge in [-0.25, -0.2) is 4.98 Å². The van der Waals surface area contributed by atoms with Gasteiger partial charge < -0.3 is 19.3 Å². The molecule has 34 heavy (non-hydrogen) atoms. The van der Waals surface area contributed by atoms with Crippen LogP contribution in [-0.4, -0.2) is 83.1 Å². The van der Waals surface area contributed by atoms with Gasteiger partial charge in [-0.05, 0) is 37.5 Å². The third-order valence-electron chi connectivity index (χ3n) is 7.54. The number of likely N-dealkylation sites (tertiary alicyclic amines) is 1. The number of piperidine rings is 1. The summed E-state index contributed by atoms with van der Waals surface area (Å²) < 4.78 is 11.7. The molecule has 8 heteroatoms. The number of ether oxygens (including phenoxy) is 1. The van der Waals surface area contributed by atoms with Crippen molar-refractivity contribution in [3.63, 3.8) is 0 Å². The van der Waals surface area contributed by atoms with Crippen molar-refractivity contribution in [3.05, 3.63) is 48.2 Å². The summed E-state index contributed by atoms with van der Waals surface area (Å²) in [5.41, 5.74) is 1.86. The first-order chi connectivity index (χ1) is 16.7. The van der Waals surface area contributed by atoms with Gasteiger partial charge in [0.05, 0.1) is 23.8 Å². The lowest BCUT2D eigenvalue weighted by Crippen LogP contribution is -2.57. The van der Waals surface area contributed by atoms with Gasteiger partial charge in [0.2, 0.25) is 5.88 Å². The SMILES string of the molecule is O[C@H]1CCN(Cc2cccc(OCC3CCC4CN(c5noc6ccccc56)CCN4C3)n2)C1. The van der Waals surface area contributed by atoms with Gasteiger partial charge in [-0.2, -0.15) is 0 Å². The van der Waals surface area contributed by atoms with Crippen LogP contribution in [0.15, 0.2) is 47.0 Å². The predicted octanol–water partition coefficient (Wildman–Crippen LogP) is 2.77. The van der Waals surface area contributed by atoms with E-state index < -0.39 is 0 Å². The van der Waals surface area contributed by atoms with Gasteiger partial charge >= 0.3 is 0 Å². The van der Waals surface area contributed by atoms with Crippen molar-refractivity contribution in [1.82, 2.24) is 19.9 Å². The highest BCUT2D eigenvalue weighted by molar-refractivity contribution is 5.88. The standard InChI is InChI=1S/C26H33N5O3/c32-22-10-11-29(17-22)15-20-4-3-7-25(27-20)33-18-19-8-9-21-16-31(13-12-30(21)14-19)26-23-5-1-2-6-24(23)34-28-26/h1-7,19,21-22,32H,8-18H2/t19?,21?,22-/m0/s1. The van der Waals surface area contributed by atoms with Crippen LogP contribution in [0.3, 0.4) is 0 Å². The highest BCUT2D eigenvalue weighted by Crippen LogP contribution is 2.31. The Hall–Kier alpha value is -2.68. The Bertz CT molecular complexity index is 1120. The van der Waals surface area contributed by atoms with Crippen LogP contribution in [0.4, 0.5) is 5.82 Å². The maximum absolute atomic E-state index is 9.75. The number of hydrogen-bond donors (Lipinski definition) is 1. The van der Waals surface area contributed by atoms with E-state index in [0.717, 1.165) is 74.7 Å². The molecule has 3 aromatic rings. The number of benzene rings is 1. The molecule has 0 radical (unpaired) electrons. The molecule has 5 heterocycles. The van der Waals surface area contributed by atoms with Crippen LogP contribution in [0.5, 0.6) is 5.88 Å². The summed E-state index contributed by atoms with van der Waals surface area (Å²) in [5.74, 6) is 2.21. The van der Waals surface area contributed by atoms with Gasteiger partial charge in [-0.15, -0.1) is 0 Å². The van der Waals surface area contributed by atoms with E-state index >= 15 is 0 Å². The number of aromatic nitrogens is 2. The van der Waals surface area contributed by atoms with Crippen LogP contribution in [0, 0.1) is 5.92 Å². The number of pyridine rings is 1. The zero-order valence-corrected chi connectivity index (χ0v) is 19.6. The molecule has 2 aromatic heterocycles. The van der Waals surface area contributed by atoms with Crippen molar-refractivity contribution in [2.45, 2.75) is 38.0 Å². The van der Waals surface area contributed by atoms with E-state index in [1.54, 1.807) is 0 Å². The average Bonchev–Trinajstić information content (AvgIpc) is 3.48. The van der Waals surface area contributed by atoms with Crippen molar-refractivity contribution in [2.75, 3.05) is 50.8 Å². The van der Waals surface area contributed by atoms with Crippen molar-refractivity contribution in [1.29, 1.82) is 0 Å². The number of piperazine rings is 1. The average molecular weight is 464 g/mol. The van der Waals surface area contributed by atoms with Crippen molar-refractivity contribution < 1.29 is 14.4 Å². The third kappa shape index (κ3) is 4.62. The normalized spacial score (nSPS) is 26.1. The molecule has 0 saturated carbocycles. The number of nitrogens with zero attached hydrogens (tertiary/aromatic N) is 5. The number of fused-ring (bicyclic) bond motifs is 2. The van der Waals surface area contributed by atoms with Crippen molar-refractivity contribution in [3.8, 4) is 5.88 Å². The lowest BCUT2D eigenvalue weighted by Gasteiger charge is -2.46. The van der Waals surface area contributed by atoms with E-state index in [9.17, 15) is 5.11 Å². The molecule has 3 fully saturated rings. The molecule has 180 valence electrons. The molecule has 8 nitrogen and oxygen atoms in total. The molecule has 1 aromatic carbocycles. The molecule has 6 rings (SSSR count). The lowest BCUT2D eigenvalue weighted by atomic mass is 9.91. The molecule has 3 atom stereocenters. The Labute approximate surface area is 200 Å². The maximum atomic E-state index is 9.75. The van der Waals surface area contributed by atoms with E-state index in [2.05, 4.69) is 25.9 Å². The smallest absolute Gasteiger partial charge is 0.213 e. The van der Waals surface area contributed by atoms with Crippen molar-refractivity contribution >= 4 is 16.8 Å². The van der Waals surface area contributed by atoms with E-state index in [1.807, 2.05) is 36.4 Å². The lowest BCUT2D eigenvalue weighted by molar-refractivity contribution is 0.0716. The monoisotopic (exact) mass is 463 g/mol. The summed E-state index contributed by atoms with van der Waals surface area (Å²) >= 11 is 0. The molecular weight excluding hydrogens is 430 g/mol. The van der Waals surface area contributed by atoms with E-state index in [4.69, 9.17) is 14.2 Å². The molecule has 3 saturated heterocycles. The van der Waals surface area contributed by atoms with Crippen LogP contribution < -0.4 is 9.64 Å². The molecule has 3 aliphatic heterocycles. The third-order valence-corrected chi connectivity index (χ3v) is 7.54. The molecule has 2 unspecified atom stereocenters. The molecule has 3 aliphatic rings. The second-order valence-corrected chi connectivity index (χ2v) is 10.00. The molecule has 1 N–H and O–H groups in total. The maximum Gasteiger partial charge on any atom is 0.213 e. The van der Waals surface area contributed by atoms with Gasteiger partial charge in [-0.3, -0.25) is 9.80 Å². The Kier molecular flexibility index (Phi) is 6.11. The highest BCUT2D eigenvalue weighted by Gasteiger charge is 2.34. The largest absolute Gasteiger partial charge is 0.477 e. The van der Waals surface area contributed by atoms with E-state index in [-0.39, 0.29) is 6.10 Å². The molecule has 0 spiro atoms. The zero-order chi connectivity index (χ0) is 22.9. The van der Waals surface area contributed by atoms with Crippen LogP contribution in [0.1, 0.15) is 25.0 Å².